The third-order valence-corrected chi connectivity index (χ3v) is 3.89. The molecule has 17 heavy (non-hydrogen) atoms. The van der Waals surface area contributed by atoms with Gasteiger partial charge in [-0.3, -0.25) is 4.79 Å². The van der Waals surface area contributed by atoms with Gasteiger partial charge in [-0.2, -0.15) is 0 Å². The first-order valence-electron chi connectivity index (χ1n) is 7.03. The van der Waals surface area contributed by atoms with E-state index in [9.17, 15) is 4.79 Å². The van der Waals surface area contributed by atoms with Crippen molar-refractivity contribution in [2.24, 2.45) is 11.8 Å². The van der Waals surface area contributed by atoms with Crippen molar-refractivity contribution in [2.45, 2.75) is 71.4 Å². The van der Waals surface area contributed by atoms with Gasteiger partial charge >= 0.3 is 5.97 Å². The van der Waals surface area contributed by atoms with Crippen LogP contribution in [0.2, 0.25) is 0 Å². The van der Waals surface area contributed by atoms with Gasteiger partial charge in [0.2, 0.25) is 0 Å². The number of carboxylic acids is 1. The summed E-state index contributed by atoms with van der Waals surface area (Å²) in [7, 11) is 0. The van der Waals surface area contributed by atoms with E-state index in [4.69, 9.17) is 5.11 Å². The maximum absolute atomic E-state index is 11.1. The highest BCUT2D eigenvalue weighted by molar-refractivity contribution is 5.73. The number of hydrogen-bond donors (Lipinski definition) is 2. The highest BCUT2D eigenvalue weighted by Crippen LogP contribution is 2.28. The minimum Gasteiger partial charge on any atom is -0.480 e. The van der Waals surface area contributed by atoms with Crippen LogP contribution in [0.15, 0.2) is 0 Å². The summed E-state index contributed by atoms with van der Waals surface area (Å²) < 4.78 is 0. The molecule has 0 aromatic rings. The van der Waals surface area contributed by atoms with Crippen LogP contribution in [0.4, 0.5) is 0 Å². The van der Waals surface area contributed by atoms with Crippen molar-refractivity contribution in [3.8, 4) is 0 Å². The van der Waals surface area contributed by atoms with Crippen LogP contribution in [0.5, 0.6) is 0 Å². The predicted molar refractivity (Wildman–Crippen MR) is 70.1 cm³/mol. The topological polar surface area (TPSA) is 49.3 Å². The molecule has 0 aliphatic heterocycles. The first-order chi connectivity index (χ1) is 8.04. The number of rotatable bonds is 6. The zero-order chi connectivity index (χ0) is 12.8. The Bertz CT molecular complexity index is 232. The lowest BCUT2D eigenvalue weighted by molar-refractivity contribution is -0.141. The minimum absolute atomic E-state index is 0.154. The third-order valence-electron chi connectivity index (χ3n) is 3.89. The summed E-state index contributed by atoms with van der Waals surface area (Å²) in [4.78, 5) is 11.1. The molecule has 0 aromatic heterocycles. The molecule has 1 atom stereocenters. The van der Waals surface area contributed by atoms with Crippen molar-refractivity contribution in [3.05, 3.63) is 0 Å². The molecule has 0 aromatic carbocycles. The van der Waals surface area contributed by atoms with Gasteiger partial charge < -0.3 is 10.4 Å². The number of carboxylic acid groups (broad SMARTS) is 1. The lowest BCUT2D eigenvalue weighted by Gasteiger charge is -2.32. The smallest absolute Gasteiger partial charge is 0.320 e. The lowest BCUT2D eigenvalue weighted by atomic mass is 9.83. The van der Waals surface area contributed by atoms with Crippen LogP contribution in [0.25, 0.3) is 0 Å². The van der Waals surface area contributed by atoms with Crippen LogP contribution >= 0.6 is 0 Å². The summed E-state index contributed by atoms with van der Waals surface area (Å²) >= 11 is 0. The molecule has 0 amide bonds. The average Bonchev–Trinajstić information content (AvgIpc) is 2.27. The predicted octanol–water partition coefficient (Wildman–Crippen LogP) is 3.04. The van der Waals surface area contributed by atoms with Crippen LogP contribution in [-0.4, -0.2) is 23.2 Å². The van der Waals surface area contributed by atoms with Gasteiger partial charge in [-0.15, -0.1) is 0 Å². The fourth-order valence-electron chi connectivity index (χ4n) is 2.83. The van der Waals surface area contributed by atoms with E-state index in [1.165, 1.54) is 25.7 Å². The fraction of sp³-hybridized carbons (Fsp3) is 0.929. The van der Waals surface area contributed by atoms with Gasteiger partial charge in [0.1, 0.15) is 6.04 Å². The molecule has 1 aliphatic rings. The molecule has 3 nitrogen and oxygen atoms in total. The van der Waals surface area contributed by atoms with Crippen LogP contribution in [0.3, 0.4) is 0 Å². The van der Waals surface area contributed by atoms with E-state index in [0.29, 0.717) is 6.04 Å². The van der Waals surface area contributed by atoms with Crippen molar-refractivity contribution >= 4 is 5.97 Å². The number of nitrogens with one attached hydrogen (secondary N) is 1. The van der Waals surface area contributed by atoms with Gasteiger partial charge in [0.15, 0.2) is 0 Å². The van der Waals surface area contributed by atoms with Gasteiger partial charge in [0.05, 0.1) is 0 Å². The molecule has 0 heterocycles. The average molecular weight is 241 g/mol. The second kappa shape index (κ2) is 7.00. The Morgan fingerprint density at radius 1 is 1.29 bits per heavy atom. The summed E-state index contributed by atoms with van der Waals surface area (Å²) in [6.07, 6.45) is 7.40. The van der Waals surface area contributed by atoms with E-state index in [1.807, 2.05) is 13.8 Å². The molecule has 3 heteroatoms. The first-order valence-corrected chi connectivity index (χ1v) is 7.03. The van der Waals surface area contributed by atoms with Crippen LogP contribution in [-0.2, 0) is 4.79 Å². The fourth-order valence-corrected chi connectivity index (χ4v) is 2.83. The summed E-state index contributed by atoms with van der Waals surface area (Å²) in [5.74, 6) is 0.317. The van der Waals surface area contributed by atoms with Crippen molar-refractivity contribution in [1.82, 2.24) is 5.32 Å². The van der Waals surface area contributed by atoms with Gasteiger partial charge in [-0.05, 0) is 37.5 Å². The SMILES string of the molecule is CCCC1CCC(NC(C(=O)O)C(C)C)CC1. The van der Waals surface area contributed by atoms with E-state index in [0.717, 1.165) is 18.8 Å². The number of aliphatic carboxylic acids is 1. The van der Waals surface area contributed by atoms with E-state index in [1.54, 1.807) is 0 Å². The Kier molecular flexibility index (Phi) is 5.96. The van der Waals surface area contributed by atoms with Gasteiger partial charge in [-0.25, -0.2) is 0 Å². The van der Waals surface area contributed by atoms with Gasteiger partial charge in [0, 0.05) is 6.04 Å². The van der Waals surface area contributed by atoms with Crippen molar-refractivity contribution in [1.29, 1.82) is 0 Å². The normalized spacial score (nSPS) is 27.1. The molecule has 1 rings (SSSR count). The maximum atomic E-state index is 11.1. The standard InChI is InChI=1S/C14H27NO2/c1-4-5-11-6-8-12(9-7-11)15-13(10(2)3)14(16)17/h10-13,15H,4-9H2,1-3H3,(H,16,17). The van der Waals surface area contributed by atoms with Gasteiger partial charge in [-0.1, -0.05) is 33.6 Å². The molecule has 0 spiro atoms. The second-order valence-electron chi connectivity index (χ2n) is 5.73. The Balaban J connectivity index is 2.36. The van der Waals surface area contributed by atoms with E-state index < -0.39 is 5.97 Å². The Morgan fingerprint density at radius 3 is 2.29 bits per heavy atom. The molecule has 0 radical (unpaired) electrons. The zero-order valence-corrected chi connectivity index (χ0v) is 11.4. The van der Waals surface area contributed by atoms with Crippen molar-refractivity contribution < 1.29 is 9.90 Å². The largest absolute Gasteiger partial charge is 0.480 e. The Morgan fingerprint density at radius 2 is 1.88 bits per heavy atom. The first kappa shape index (κ1) is 14.5. The summed E-state index contributed by atoms with van der Waals surface area (Å²) in [6.45, 7) is 6.17. The second-order valence-corrected chi connectivity index (χ2v) is 5.73. The highest BCUT2D eigenvalue weighted by Gasteiger charge is 2.27. The molecule has 1 saturated carbocycles. The maximum Gasteiger partial charge on any atom is 0.320 e. The molecular formula is C14H27NO2. The molecular weight excluding hydrogens is 214 g/mol. The van der Waals surface area contributed by atoms with Crippen LogP contribution in [0, 0.1) is 11.8 Å². The number of hydrogen-bond acceptors (Lipinski definition) is 2. The van der Waals surface area contributed by atoms with E-state index in [-0.39, 0.29) is 12.0 Å². The van der Waals surface area contributed by atoms with E-state index in [2.05, 4.69) is 12.2 Å². The molecule has 1 unspecified atom stereocenters. The monoisotopic (exact) mass is 241 g/mol. The third kappa shape index (κ3) is 4.66. The molecule has 100 valence electrons. The van der Waals surface area contributed by atoms with Gasteiger partial charge in [0.25, 0.3) is 0 Å². The quantitative estimate of drug-likeness (QED) is 0.751. The lowest BCUT2D eigenvalue weighted by Crippen LogP contribution is -2.47. The summed E-state index contributed by atoms with van der Waals surface area (Å²) in [5, 5.41) is 12.5. The summed E-state index contributed by atoms with van der Waals surface area (Å²) in [6, 6.07) is 0.0225. The zero-order valence-electron chi connectivity index (χ0n) is 11.4. The molecule has 1 fully saturated rings. The molecule has 2 N–H and O–H groups in total. The summed E-state index contributed by atoms with van der Waals surface area (Å²) in [5.41, 5.74) is 0. The molecule has 0 saturated heterocycles. The van der Waals surface area contributed by atoms with E-state index >= 15 is 0 Å². The molecule has 1 aliphatic carbocycles. The minimum atomic E-state index is -0.712. The Labute approximate surface area is 105 Å². The molecule has 0 bridgehead atoms. The van der Waals surface area contributed by atoms with Crippen LogP contribution in [0.1, 0.15) is 59.3 Å². The van der Waals surface area contributed by atoms with Crippen molar-refractivity contribution in [2.75, 3.05) is 0 Å². The van der Waals surface area contributed by atoms with Crippen LogP contribution < -0.4 is 5.32 Å². The number of carbonyl (C=O) groups is 1. The highest BCUT2D eigenvalue weighted by atomic mass is 16.4. The van der Waals surface area contributed by atoms with Crippen molar-refractivity contribution in [3.63, 3.8) is 0 Å². The Hall–Kier alpha value is -0.570.